The van der Waals surface area contributed by atoms with Gasteiger partial charge in [0, 0.05) is 30.6 Å². The first-order chi connectivity index (χ1) is 13.5. The highest BCUT2D eigenvalue weighted by Gasteiger charge is 2.27. The van der Waals surface area contributed by atoms with Gasteiger partial charge < -0.3 is 10.2 Å². The lowest BCUT2D eigenvalue weighted by Crippen LogP contribution is -2.43. The van der Waals surface area contributed by atoms with Crippen LogP contribution in [0.2, 0.25) is 0 Å². The summed E-state index contributed by atoms with van der Waals surface area (Å²) in [6.07, 6.45) is 4.61. The van der Waals surface area contributed by atoms with Gasteiger partial charge in [0.2, 0.25) is 11.8 Å². The van der Waals surface area contributed by atoms with Crippen LogP contribution in [0.5, 0.6) is 0 Å². The zero-order chi connectivity index (χ0) is 19.9. The zero-order valence-electron chi connectivity index (χ0n) is 16.0. The molecule has 1 atom stereocenters. The fourth-order valence-corrected chi connectivity index (χ4v) is 3.43. The van der Waals surface area contributed by atoms with Crippen LogP contribution in [0.3, 0.4) is 0 Å². The van der Waals surface area contributed by atoms with Crippen LogP contribution in [0.15, 0.2) is 60.7 Å². The van der Waals surface area contributed by atoms with Crippen LogP contribution in [0.4, 0.5) is 4.39 Å². The highest BCUT2D eigenvalue weighted by atomic mass is 19.1. The summed E-state index contributed by atoms with van der Waals surface area (Å²) in [5.41, 5.74) is 1.46. The number of nitrogens with one attached hydrogen (secondary N) is 1. The number of halogens is 1. The third kappa shape index (κ3) is 5.06. The number of likely N-dealkylation sites (tertiary alicyclic amines) is 1. The first-order valence-electron chi connectivity index (χ1n) is 9.61. The van der Waals surface area contributed by atoms with Gasteiger partial charge in [0.25, 0.3) is 0 Å². The highest BCUT2D eigenvalue weighted by Crippen LogP contribution is 2.21. The summed E-state index contributed by atoms with van der Waals surface area (Å²) >= 11 is 0. The highest BCUT2D eigenvalue weighted by molar-refractivity contribution is 5.92. The van der Waals surface area contributed by atoms with Crippen molar-refractivity contribution in [2.75, 3.05) is 13.1 Å². The maximum Gasteiger partial charge on any atom is 0.246 e. The van der Waals surface area contributed by atoms with E-state index in [4.69, 9.17) is 0 Å². The van der Waals surface area contributed by atoms with E-state index in [1.807, 2.05) is 30.3 Å². The number of rotatable bonds is 5. The lowest BCUT2D eigenvalue weighted by Gasteiger charge is -2.31. The Hall–Kier alpha value is -2.95. The number of hydrogen-bond acceptors (Lipinski definition) is 2. The molecule has 0 saturated carbocycles. The zero-order valence-corrected chi connectivity index (χ0v) is 16.0. The third-order valence-electron chi connectivity index (χ3n) is 5.13. The Labute approximate surface area is 165 Å². The quantitative estimate of drug-likeness (QED) is 0.799. The van der Waals surface area contributed by atoms with E-state index in [0.29, 0.717) is 31.5 Å². The normalized spacial score (nSPS) is 16.1. The van der Waals surface area contributed by atoms with E-state index in [2.05, 4.69) is 5.32 Å². The molecule has 3 rings (SSSR count). The molecule has 1 N–H and O–H groups in total. The molecule has 2 amide bonds. The fourth-order valence-electron chi connectivity index (χ4n) is 3.43. The summed E-state index contributed by atoms with van der Waals surface area (Å²) in [4.78, 5) is 26.6. The van der Waals surface area contributed by atoms with E-state index < -0.39 is 0 Å². The average Bonchev–Trinajstić information content (AvgIpc) is 2.73. The first-order valence-corrected chi connectivity index (χ1v) is 9.61. The van der Waals surface area contributed by atoms with Gasteiger partial charge >= 0.3 is 0 Å². The Kier molecular flexibility index (Phi) is 6.58. The molecule has 1 saturated heterocycles. The average molecular weight is 380 g/mol. The Morgan fingerprint density at radius 2 is 1.71 bits per heavy atom. The van der Waals surface area contributed by atoms with E-state index in [-0.39, 0.29) is 29.6 Å². The molecule has 1 unspecified atom stereocenters. The molecule has 2 aromatic rings. The van der Waals surface area contributed by atoms with Gasteiger partial charge in [-0.2, -0.15) is 0 Å². The van der Waals surface area contributed by atoms with Gasteiger partial charge in [0.05, 0.1) is 6.04 Å². The summed E-state index contributed by atoms with van der Waals surface area (Å²) in [6, 6.07) is 15.7. The van der Waals surface area contributed by atoms with Crippen LogP contribution in [0.1, 0.15) is 36.9 Å². The molecule has 0 aliphatic carbocycles. The predicted octanol–water partition coefficient (Wildman–Crippen LogP) is 3.95. The Bertz CT molecular complexity index is 843. The Balaban J connectivity index is 1.49. The van der Waals surface area contributed by atoms with Crippen molar-refractivity contribution in [1.29, 1.82) is 0 Å². The molecule has 0 spiro atoms. The predicted molar refractivity (Wildman–Crippen MR) is 108 cm³/mol. The second-order valence-electron chi connectivity index (χ2n) is 7.10. The number of amides is 2. The molecule has 1 heterocycles. The number of hydrogen-bond donors (Lipinski definition) is 1. The van der Waals surface area contributed by atoms with E-state index in [1.54, 1.807) is 42.2 Å². The van der Waals surface area contributed by atoms with Crippen molar-refractivity contribution in [2.24, 2.45) is 5.92 Å². The standard InChI is InChI=1S/C23H25FN2O2/c1-17(20-9-5-6-10-21(20)24)25-23(28)19-13-15-26(16-14-19)22(27)12-11-18-7-3-2-4-8-18/h2-12,17,19H,13-16H2,1H3,(H,25,28)/b12-11+. The minimum Gasteiger partial charge on any atom is -0.349 e. The van der Waals surface area contributed by atoms with Crippen LogP contribution in [0.25, 0.3) is 6.08 Å². The molecule has 5 heteroatoms. The molecule has 4 nitrogen and oxygen atoms in total. The van der Waals surface area contributed by atoms with Gasteiger partial charge in [0.1, 0.15) is 5.82 Å². The molecule has 1 fully saturated rings. The summed E-state index contributed by atoms with van der Waals surface area (Å²) in [6.45, 7) is 2.87. The van der Waals surface area contributed by atoms with E-state index in [0.717, 1.165) is 5.56 Å². The Morgan fingerprint density at radius 1 is 1.07 bits per heavy atom. The SMILES string of the molecule is CC(NC(=O)C1CCN(C(=O)/C=C/c2ccccc2)CC1)c1ccccc1F. The van der Waals surface area contributed by atoms with Crippen LogP contribution >= 0.6 is 0 Å². The molecule has 2 aromatic carbocycles. The van der Waals surface area contributed by atoms with Gasteiger partial charge in [-0.25, -0.2) is 4.39 Å². The van der Waals surface area contributed by atoms with Crippen molar-refractivity contribution >= 4 is 17.9 Å². The van der Waals surface area contributed by atoms with Gasteiger partial charge in [-0.15, -0.1) is 0 Å². The minimum atomic E-state index is -0.387. The van der Waals surface area contributed by atoms with Crippen molar-refractivity contribution in [3.05, 3.63) is 77.6 Å². The van der Waals surface area contributed by atoms with Crippen molar-refractivity contribution in [2.45, 2.75) is 25.8 Å². The fraction of sp³-hybridized carbons (Fsp3) is 0.304. The minimum absolute atomic E-state index is 0.0394. The van der Waals surface area contributed by atoms with Gasteiger partial charge in [-0.3, -0.25) is 9.59 Å². The topological polar surface area (TPSA) is 49.4 Å². The summed E-state index contributed by atoms with van der Waals surface area (Å²) in [5.74, 6) is -0.595. The molecule has 0 aromatic heterocycles. The van der Waals surface area contributed by atoms with Crippen LogP contribution in [0, 0.1) is 11.7 Å². The van der Waals surface area contributed by atoms with Crippen LogP contribution < -0.4 is 5.32 Å². The van der Waals surface area contributed by atoms with Gasteiger partial charge in [0.15, 0.2) is 0 Å². The molecule has 146 valence electrons. The van der Waals surface area contributed by atoms with Crippen molar-refractivity contribution in [1.82, 2.24) is 10.2 Å². The lowest BCUT2D eigenvalue weighted by atomic mass is 9.95. The summed E-state index contributed by atoms with van der Waals surface area (Å²) in [5, 5.41) is 2.90. The second kappa shape index (κ2) is 9.31. The van der Waals surface area contributed by atoms with Gasteiger partial charge in [-0.05, 0) is 37.5 Å². The van der Waals surface area contributed by atoms with Crippen LogP contribution in [-0.4, -0.2) is 29.8 Å². The smallest absolute Gasteiger partial charge is 0.246 e. The van der Waals surface area contributed by atoms with E-state index in [1.165, 1.54) is 6.07 Å². The third-order valence-corrected chi connectivity index (χ3v) is 5.13. The molecule has 28 heavy (non-hydrogen) atoms. The maximum absolute atomic E-state index is 13.9. The Morgan fingerprint density at radius 3 is 2.39 bits per heavy atom. The van der Waals surface area contributed by atoms with Crippen LogP contribution in [-0.2, 0) is 9.59 Å². The van der Waals surface area contributed by atoms with E-state index in [9.17, 15) is 14.0 Å². The maximum atomic E-state index is 13.9. The van der Waals surface area contributed by atoms with E-state index >= 15 is 0 Å². The van der Waals surface area contributed by atoms with Gasteiger partial charge in [-0.1, -0.05) is 48.5 Å². The molecular formula is C23H25FN2O2. The molecule has 1 aliphatic heterocycles. The first kappa shape index (κ1) is 19.8. The summed E-state index contributed by atoms with van der Waals surface area (Å²) < 4.78 is 13.9. The molecule has 0 bridgehead atoms. The van der Waals surface area contributed by atoms with Crippen molar-refractivity contribution in [3.8, 4) is 0 Å². The molecule has 1 aliphatic rings. The molecular weight excluding hydrogens is 355 g/mol. The second-order valence-corrected chi connectivity index (χ2v) is 7.10. The number of piperidine rings is 1. The number of nitrogens with zero attached hydrogens (tertiary/aromatic N) is 1. The van der Waals surface area contributed by atoms with Crippen molar-refractivity contribution in [3.63, 3.8) is 0 Å². The number of benzene rings is 2. The monoisotopic (exact) mass is 380 g/mol. The van der Waals surface area contributed by atoms with Crippen molar-refractivity contribution < 1.29 is 14.0 Å². The largest absolute Gasteiger partial charge is 0.349 e. The molecule has 0 radical (unpaired) electrons. The number of carbonyl (C=O) groups is 2. The number of carbonyl (C=O) groups excluding carboxylic acids is 2. The summed E-state index contributed by atoms with van der Waals surface area (Å²) in [7, 11) is 0. The lowest BCUT2D eigenvalue weighted by molar-refractivity contribution is -0.132.